The molecular weight excluding hydrogens is 318 g/mol. The van der Waals surface area contributed by atoms with Crippen molar-refractivity contribution >= 4 is 29.7 Å². The normalized spacial score (nSPS) is 10.0. The molecule has 0 aliphatic carbocycles. The van der Waals surface area contributed by atoms with Crippen molar-refractivity contribution in [2.24, 2.45) is 4.99 Å². The fourth-order valence-corrected chi connectivity index (χ4v) is 1.67. The van der Waals surface area contributed by atoms with Crippen LogP contribution in [-0.4, -0.2) is 24.5 Å². The molecule has 0 aliphatic rings. The molecule has 0 spiro atoms. The minimum Gasteiger partial charge on any atom is -0.452 e. The van der Waals surface area contributed by atoms with E-state index in [1.54, 1.807) is 7.05 Å². The molecule has 0 bridgehead atoms. The number of anilines is 2. The number of nitrogen functional groups attached to an aromatic ring is 1. The van der Waals surface area contributed by atoms with E-state index >= 15 is 0 Å². The molecule has 0 saturated heterocycles. The minimum absolute atomic E-state index is 0.0977. The van der Waals surface area contributed by atoms with Crippen molar-refractivity contribution < 1.29 is 18.3 Å². The molecule has 0 radical (unpaired) electrons. The highest BCUT2D eigenvalue weighted by molar-refractivity contribution is 6.14. The third-order valence-electron chi connectivity index (χ3n) is 2.66. The van der Waals surface area contributed by atoms with Crippen LogP contribution in [0.5, 0.6) is 11.5 Å². The van der Waals surface area contributed by atoms with Gasteiger partial charge in [-0.1, -0.05) is 13.8 Å². The van der Waals surface area contributed by atoms with Gasteiger partial charge in [0.25, 0.3) is 0 Å². The van der Waals surface area contributed by atoms with E-state index in [1.807, 2.05) is 13.8 Å². The van der Waals surface area contributed by atoms with Crippen LogP contribution in [0.25, 0.3) is 0 Å². The summed E-state index contributed by atoms with van der Waals surface area (Å²) < 4.78 is 32.6. The highest BCUT2D eigenvalue weighted by Crippen LogP contribution is 2.37. The standard InChI is InChI=1S/C14H12F2N4O2.C2H6/c1-18-14-13(19-4-5-21)11(2-3-20-14)22-12-7-8(15)10(17)6-9(12)16;1-2/h2-7H,17H2,1H3,(H,18,20);1-2H3. The zero-order chi connectivity index (χ0) is 18.1. The van der Waals surface area contributed by atoms with Crippen molar-refractivity contribution in [2.45, 2.75) is 13.8 Å². The van der Waals surface area contributed by atoms with E-state index in [0.717, 1.165) is 18.3 Å². The average molecular weight is 336 g/mol. The van der Waals surface area contributed by atoms with Crippen LogP contribution in [-0.2, 0) is 4.79 Å². The first-order chi connectivity index (χ1) is 11.6. The number of carbonyl (C=O) groups is 1. The zero-order valence-electron chi connectivity index (χ0n) is 13.5. The van der Waals surface area contributed by atoms with Crippen LogP contribution < -0.4 is 15.8 Å². The molecule has 0 unspecified atom stereocenters. The second kappa shape index (κ2) is 9.19. The smallest absolute Gasteiger partial charge is 0.167 e. The number of nitrogens with one attached hydrogen (secondary N) is 1. The van der Waals surface area contributed by atoms with E-state index in [-0.39, 0.29) is 22.9 Å². The van der Waals surface area contributed by atoms with Gasteiger partial charge in [-0.2, -0.15) is 0 Å². The first-order valence-electron chi connectivity index (χ1n) is 7.13. The minimum atomic E-state index is -0.827. The maximum absolute atomic E-state index is 13.8. The Morgan fingerprint density at radius 2 is 1.96 bits per heavy atom. The van der Waals surface area contributed by atoms with Crippen molar-refractivity contribution in [1.82, 2.24) is 4.98 Å². The molecule has 0 fully saturated rings. The van der Waals surface area contributed by atoms with Gasteiger partial charge in [0, 0.05) is 31.4 Å². The molecular formula is C16H18F2N4O2. The molecule has 0 atom stereocenters. The third-order valence-corrected chi connectivity index (χ3v) is 2.66. The van der Waals surface area contributed by atoms with Gasteiger partial charge in [-0.25, -0.2) is 18.8 Å². The lowest BCUT2D eigenvalue weighted by molar-refractivity contribution is -0.102. The quantitative estimate of drug-likeness (QED) is 0.493. The van der Waals surface area contributed by atoms with Crippen molar-refractivity contribution in [2.75, 3.05) is 18.1 Å². The number of halogens is 2. The van der Waals surface area contributed by atoms with E-state index < -0.39 is 11.6 Å². The lowest BCUT2D eigenvalue weighted by atomic mass is 10.2. The number of carbonyl (C=O) groups excluding carboxylic acids is 1. The Bertz CT molecular complexity index is 736. The molecule has 1 heterocycles. The number of pyridine rings is 1. The van der Waals surface area contributed by atoms with Crippen LogP contribution in [0.4, 0.5) is 26.0 Å². The van der Waals surface area contributed by atoms with Gasteiger partial charge in [0.05, 0.1) is 11.9 Å². The molecule has 0 saturated carbocycles. The summed E-state index contributed by atoms with van der Waals surface area (Å²) in [6.07, 6.45) is 2.86. The van der Waals surface area contributed by atoms with Gasteiger partial charge in [-0.05, 0) is 0 Å². The number of hydrogen-bond acceptors (Lipinski definition) is 6. The van der Waals surface area contributed by atoms with Gasteiger partial charge in [0.1, 0.15) is 11.5 Å². The molecule has 128 valence electrons. The SMILES string of the molecule is CC.CNc1nccc(Oc2cc(F)c(N)cc2F)c1N=CC=O. The van der Waals surface area contributed by atoms with Crippen LogP contribution in [0, 0.1) is 11.6 Å². The van der Waals surface area contributed by atoms with E-state index in [0.29, 0.717) is 12.1 Å². The molecule has 8 heteroatoms. The van der Waals surface area contributed by atoms with Gasteiger partial charge < -0.3 is 15.8 Å². The van der Waals surface area contributed by atoms with Crippen molar-refractivity contribution in [1.29, 1.82) is 0 Å². The number of nitrogens with zero attached hydrogens (tertiary/aromatic N) is 2. The summed E-state index contributed by atoms with van der Waals surface area (Å²) in [5.74, 6) is -1.58. The lowest BCUT2D eigenvalue weighted by Crippen LogP contribution is -1.98. The molecule has 0 aliphatic heterocycles. The number of benzene rings is 1. The number of aliphatic imine (C=N–C) groups is 1. The highest BCUT2D eigenvalue weighted by atomic mass is 19.1. The predicted molar refractivity (Wildman–Crippen MR) is 90.2 cm³/mol. The topological polar surface area (TPSA) is 89.6 Å². The van der Waals surface area contributed by atoms with Gasteiger partial charge in [-0.15, -0.1) is 0 Å². The van der Waals surface area contributed by atoms with Crippen LogP contribution in [0.3, 0.4) is 0 Å². The van der Waals surface area contributed by atoms with Gasteiger partial charge in [0.2, 0.25) is 0 Å². The highest BCUT2D eigenvalue weighted by Gasteiger charge is 2.14. The van der Waals surface area contributed by atoms with Crippen LogP contribution in [0.2, 0.25) is 0 Å². The molecule has 1 aromatic heterocycles. The van der Waals surface area contributed by atoms with Gasteiger partial charge in [-0.3, -0.25) is 4.79 Å². The largest absolute Gasteiger partial charge is 0.452 e. The average Bonchev–Trinajstić information content (AvgIpc) is 2.60. The van der Waals surface area contributed by atoms with Crippen LogP contribution in [0.15, 0.2) is 29.4 Å². The van der Waals surface area contributed by atoms with Crippen molar-refractivity contribution in [3.8, 4) is 11.5 Å². The molecule has 6 nitrogen and oxygen atoms in total. The van der Waals surface area contributed by atoms with Gasteiger partial charge >= 0.3 is 0 Å². The van der Waals surface area contributed by atoms with E-state index in [2.05, 4.69) is 15.3 Å². The summed E-state index contributed by atoms with van der Waals surface area (Å²) in [5, 5.41) is 2.76. The number of hydrogen-bond donors (Lipinski definition) is 2. The predicted octanol–water partition coefficient (Wildman–Crippen LogP) is 3.70. The lowest BCUT2D eigenvalue weighted by Gasteiger charge is -2.12. The maximum atomic E-state index is 13.8. The van der Waals surface area contributed by atoms with E-state index in [1.165, 1.54) is 12.3 Å². The van der Waals surface area contributed by atoms with E-state index in [4.69, 9.17) is 10.5 Å². The molecule has 0 amide bonds. The van der Waals surface area contributed by atoms with Gasteiger partial charge in [0.15, 0.2) is 29.4 Å². The summed E-state index contributed by atoms with van der Waals surface area (Å²) in [7, 11) is 1.59. The number of aldehydes is 1. The summed E-state index contributed by atoms with van der Waals surface area (Å²) in [6.45, 7) is 4.00. The maximum Gasteiger partial charge on any atom is 0.167 e. The first-order valence-corrected chi connectivity index (χ1v) is 7.13. The number of ether oxygens (including phenoxy) is 1. The molecule has 24 heavy (non-hydrogen) atoms. The Balaban J connectivity index is 0.00000139. The molecule has 1 aromatic carbocycles. The summed E-state index contributed by atoms with van der Waals surface area (Å²) >= 11 is 0. The van der Waals surface area contributed by atoms with E-state index in [9.17, 15) is 13.6 Å². The first kappa shape index (κ1) is 19.0. The molecule has 2 rings (SSSR count). The van der Waals surface area contributed by atoms with Crippen LogP contribution in [0.1, 0.15) is 13.8 Å². The molecule has 3 N–H and O–H groups in total. The summed E-state index contributed by atoms with van der Waals surface area (Å²) in [5.41, 5.74) is 5.12. The molecule has 2 aromatic rings. The van der Waals surface area contributed by atoms with Crippen molar-refractivity contribution in [3.63, 3.8) is 0 Å². The Morgan fingerprint density at radius 1 is 1.25 bits per heavy atom. The Hall–Kier alpha value is -3.03. The van der Waals surface area contributed by atoms with Crippen molar-refractivity contribution in [3.05, 3.63) is 36.0 Å². The fraction of sp³-hybridized carbons (Fsp3) is 0.188. The summed E-state index contributed by atoms with van der Waals surface area (Å²) in [4.78, 5) is 18.3. The third kappa shape index (κ3) is 4.48. The Morgan fingerprint density at radius 3 is 2.58 bits per heavy atom. The number of aromatic nitrogens is 1. The Labute approximate surface area is 138 Å². The fourth-order valence-electron chi connectivity index (χ4n) is 1.67. The number of nitrogens with two attached hydrogens (primary N) is 1. The monoisotopic (exact) mass is 336 g/mol. The number of rotatable bonds is 5. The zero-order valence-corrected chi connectivity index (χ0v) is 13.5. The Kier molecular flexibility index (Phi) is 7.28. The second-order valence-electron chi connectivity index (χ2n) is 4.08. The second-order valence-corrected chi connectivity index (χ2v) is 4.08. The van der Waals surface area contributed by atoms with Crippen LogP contribution >= 0.6 is 0 Å². The summed E-state index contributed by atoms with van der Waals surface area (Å²) in [6, 6.07) is 3.06.